The van der Waals surface area contributed by atoms with Crippen molar-refractivity contribution in [2.45, 2.75) is 10.4 Å². The number of halogens is 3. The van der Waals surface area contributed by atoms with E-state index in [1.165, 1.54) is 12.1 Å². The number of nitrogens with one attached hydrogen (secondary N) is 1. The maximum absolute atomic E-state index is 12.3. The van der Waals surface area contributed by atoms with Gasteiger partial charge in [-0.2, -0.15) is 13.2 Å². The number of nitrogens with zero attached hydrogens (tertiary/aromatic N) is 1. The zero-order valence-corrected chi connectivity index (χ0v) is 11.3. The Kier molecular flexibility index (Phi) is 4.81. The average molecular weight is 296 g/mol. The first-order chi connectivity index (χ1) is 8.70. The Bertz CT molecular complexity index is 512. The van der Waals surface area contributed by atoms with E-state index in [1.807, 2.05) is 0 Å². The van der Waals surface area contributed by atoms with Gasteiger partial charge in [-0.05, 0) is 31.3 Å². The first-order valence-electron chi connectivity index (χ1n) is 5.47. The Labute approximate surface area is 110 Å². The van der Waals surface area contributed by atoms with Gasteiger partial charge >= 0.3 is 5.51 Å². The SMILES string of the molecule is CNCCN(C)c1ccc(S(=O)(=O)C(F)(F)F)cc1. The third-order valence-corrected chi connectivity index (χ3v) is 4.09. The molecule has 4 nitrogen and oxygen atoms in total. The van der Waals surface area contributed by atoms with Crippen molar-refractivity contribution in [1.29, 1.82) is 0 Å². The van der Waals surface area contributed by atoms with E-state index in [0.29, 0.717) is 18.8 Å². The van der Waals surface area contributed by atoms with Gasteiger partial charge in [0.05, 0.1) is 4.90 Å². The molecular formula is C11H15F3N2O2S. The second-order valence-corrected chi connectivity index (χ2v) is 5.91. The van der Waals surface area contributed by atoms with Crippen LogP contribution in [-0.4, -0.2) is 41.1 Å². The van der Waals surface area contributed by atoms with Crippen molar-refractivity contribution in [3.8, 4) is 0 Å². The number of hydrogen-bond acceptors (Lipinski definition) is 4. The van der Waals surface area contributed by atoms with Crippen LogP contribution >= 0.6 is 0 Å². The predicted molar refractivity (Wildman–Crippen MR) is 66.9 cm³/mol. The van der Waals surface area contributed by atoms with Crippen molar-refractivity contribution < 1.29 is 21.6 Å². The van der Waals surface area contributed by atoms with Gasteiger partial charge in [0.1, 0.15) is 0 Å². The highest BCUT2D eigenvalue weighted by atomic mass is 32.2. The molecule has 1 aromatic rings. The van der Waals surface area contributed by atoms with E-state index in [-0.39, 0.29) is 0 Å². The molecule has 8 heteroatoms. The lowest BCUT2D eigenvalue weighted by Gasteiger charge is -2.19. The van der Waals surface area contributed by atoms with Gasteiger partial charge in [0, 0.05) is 25.8 Å². The van der Waals surface area contributed by atoms with Gasteiger partial charge in [0.2, 0.25) is 0 Å². The Hall–Kier alpha value is -1.28. The number of anilines is 1. The highest BCUT2D eigenvalue weighted by Gasteiger charge is 2.46. The van der Waals surface area contributed by atoms with E-state index in [4.69, 9.17) is 0 Å². The molecule has 0 fully saturated rings. The molecule has 19 heavy (non-hydrogen) atoms. The van der Waals surface area contributed by atoms with Crippen LogP contribution in [0.4, 0.5) is 18.9 Å². The summed E-state index contributed by atoms with van der Waals surface area (Å²) >= 11 is 0. The minimum atomic E-state index is -5.27. The zero-order chi connectivity index (χ0) is 14.7. The molecule has 0 aliphatic heterocycles. The fourth-order valence-corrected chi connectivity index (χ4v) is 2.18. The summed E-state index contributed by atoms with van der Waals surface area (Å²) in [5, 5.41) is 2.94. The zero-order valence-electron chi connectivity index (χ0n) is 10.5. The van der Waals surface area contributed by atoms with Gasteiger partial charge < -0.3 is 10.2 Å². The van der Waals surface area contributed by atoms with Crippen LogP contribution in [0.3, 0.4) is 0 Å². The Morgan fingerprint density at radius 1 is 1.21 bits per heavy atom. The molecular weight excluding hydrogens is 281 g/mol. The lowest BCUT2D eigenvalue weighted by molar-refractivity contribution is -0.0436. The van der Waals surface area contributed by atoms with Gasteiger partial charge in [0.25, 0.3) is 9.84 Å². The molecule has 0 bridgehead atoms. The molecule has 0 heterocycles. The molecule has 1 rings (SSSR count). The highest BCUT2D eigenvalue weighted by molar-refractivity contribution is 7.92. The van der Waals surface area contributed by atoms with Crippen molar-refractivity contribution in [2.75, 3.05) is 32.1 Å². The quantitative estimate of drug-likeness (QED) is 0.897. The summed E-state index contributed by atoms with van der Waals surface area (Å²) in [6.45, 7) is 1.36. The van der Waals surface area contributed by atoms with E-state index >= 15 is 0 Å². The Morgan fingerprint density at radius 2 is 1.74 bits per heavy atom. The van der Waals surface area contributed by atoms with Crippen LogP contribution in [0.15, 0.2) is 29.2 Å². The van der Waals surface area contributed by atoms with Gasteiger partial charge in [-0.1, -0.05) is 0 Å². The van der Waals surface area contributed by atoms with E-state index in [9.17, 15) is 21.6 Å². The highest BCUT2D eigenvalue weighted by Crippen LogP contribution is 2.30. The smallest absolute Gasteiger partial charge is 0.373 e. The molecule has 0 saturated heterocycles. The van der Waals surface area contributed by atoms with Crippen molar-refractivity contribution in [3.05, 3.63) is 24.3 Å². The van der Waals surface area contributed by atoms with Crippen LogP contribution in [0.5, 0.6) is 0 Å². The summed E-state index contributed by atoms with van der Waals surface area (Å²) < 4.78 is 59.3. The number of sulfone groups is 1. The van der Waals surface area contributed by atoms with E-state index in [2.05, 4.69) is 5.32 Å². The lowest BCUT2D eigenvalue weighted by Crippen LogP contribution is -2.27. The van der Waals surface area contributed by atoms with E-state index < -0.39 is 20.2 Å². The second kappa shape index (κ2) is 5.79. The molecule has 1 aromatic carbocycles. The normalized spacial score (nSPS) is 12.5. The van der Waals surface area contributed by atoms with E-state index in [1.54, 1.807) is 19.0 Å². The minimum absolute atomic E-state index is 0.649. The van der Waals surface area contributed by atoms with Crippen LogP contribution in [0.25, 0.3) is 0 Å². The first kappa shape index (κ1) is 15.8. The predicted octanol–water partition coefficient (Wildman–Crippen LogP) is 1.64. The summed E-state index contributed by atoms with van der Waals surface area (Å²) in [7, 11) is -1.71. The largest absolute Gasteiger partial charge is 0.501 e. The summed E-state index contributed by atoms with van der Waals surface area (Å²) in [4.78, 5) is 1.06. The maximum atomic E-state index is 12.3. The van der Waals surface area contributed by atoms with Gasteiger partial charge in [-0.25, -0.2) is 8.42 Å². The monoisotopic (exact) mass is 296 g/mol. The van der Waals surface area contributed by atoms with Crippen molar-refractivity contribution in [2.24, 2.45) is 0 Å². The number of rotatable bonds is 5. The topological polar surface area (TPSA) is 49.4 Å². The maximum Gasteiger partial charge on any atom is 0.501 e. The Balaban J connectivity index is 2.94. The standard InChI is InChI=1S/C11H15F3N2O2S/c1-15-7-8-16(2)9-3-5-10(6-4-9)19(17,18)11(12,13)14/h3-6,15H,7-8H2,1-2H3. The molecule has 0 aliphatic rings. The lowest BCUT2D eigenvalue weighted by atomic mass is 10.3. The number of likely N-dealkylation sites (N-methyl/N-ethyl adjacent to an activating group) is 2. The number of benzene rings is 1. The fraction of sp³-hybridized carbons (Fsp3) is 0.455. The third kappa shape index (κ3) is 3.60. The van der Waals surface area contributed by atoms with E-state index in [0.717, 1.165) is 12.1 Å². The van der Waals surface area contributed by atoms with Gasteiger partial charge in [-0.3, -0.25) is 0 Å². The molecule has 0 amide bonds. The molecule has 0 radical (unpaired) electrons. The summed E-state index contributed by atoms with van der Waals surface area (Å²) in [6.07, 6.45) is 0. The number of alkyl halides is 3. The second-order valence-electron chi connectivity index (χ2n) is 3.97. The molecule has 108 valence electrons. The minimum Gasteiger partial charge on any atom is -0.373 e. The molecule has 0 atom stereocenters. The molecule has 0 saturated carbocycles. The Morgan fingerprint density at radius 3 is 2.16 bits per heavy atom. The molecule has 0 aliphatic carbocycles. The molecule has 0 unspecified atom stereocenters. The van der Waals surface area contributed by atoms with Crippen LogP contribution < -0.4 is 10.2 Å². The average Bonchev–Trinajstić information content (AvgIpc) is 2.34. The third-order valence-electron chi connectivity index (χ3n) is 2.59. The van der Waals surface area contributed by atoms with Crippen molar-refractivity contribution >= 4 is 15.5 Å². The number of hydrogen-bond donors (Lipinski definition) is 1. The van der Waals surface area contributed by atoms with Crippen LogP contribution in [0.1, 0.15) is 0 Å². The fourth-order valence-electron chi connectivity index (χ4n) is 1.42. The summed E-state index contributed by atoms with van der Waals surface area (Å²) in [5.74, 6) is 0. The van der Waals surface area contributed by atoms with Crippen molar-refractivity contribution in [3.63, 3.8) is 0 Å². The van der Waals surface area contributed by atoms with Gasteiger partial charge in [-0.15, -0.1) is 0 Å². The first-order valence-corrected chi connectivity index (χ1v) is 6.95. The van der Waals surface area contributed by atoms with Crippen LogP contribution in [-0.2, 0) is 9.84 Å². The summed E-state index contributed by atoms with van der Waals surface area (Å²) in [5.41, 5.74) is -4.62. The molecule has 0 aromatic heterocycles. The van der Waals surface area contributed by atoms with Crippen LogP contribution in [0.2, 0.25) is 0 Å². The van der Waals surface area contributed by atoms with Crippen molar-refractivity contribution in [1.82, 2.24) is 5.32 Å². The van der Waals surface area contributed by atoms with Gasteiger partial charge in [0.15, 0.2) is 0 Å². The molecule has 1 N–H and O–H groups in total. The van der Waals surface area contributed by atoms with Crippen LogP contribution in [0, 0.1) is 0 Å². The molecule has 0 spiro atoms. The summed E-state index contributed by atoms with van der Waals surface area (Å²) in [6, 6.07) is 4.64.